The van der Waals surface area contributed by atoms with Gasteiger partial charge >= 0.3 is 0 Å². The van der Waals surface area contributed by atoms with Crippen molar-refractivity contribution in [1.29, 1.82) is 0 Å². The number of primary amides is 1. The number of hydrogen-bond donors (Lipinski definition) is 2. The van der Waals surface area contributed by atoms with E-state index in [4.69, 9.17) is 5.73 Å². The normalized spacial score (nSPS) is 38.9. The highest BCUT2D eigenvalue weighted by Crippen LogP contribution is 2.28. The Bertz CT molecular complexity index is 259. The highest BCUT2D eigenvalue weighted by Gasteiger charge is 2.28. The molecule has 0 heterocycles. The first-order valence-electron chi connectivity index (χ1n) is 7.22. The van der Waals surface area contributed by atoms with E-state index in [9.17, 15) is 4.79 Å². The van der Waals surface area contributed by atoms with E-state index in [0.29, 0.717) is 12.1 Å². The number of hydrogen-bond acceptors (Lipinski definition) is 2. The molecule has 2 atom stereocenters. The van der Waals surface area contributed by atoms with E-state index in [0.717, 1.165) is 31.6 Å². The van der Waals surface area contributed by atoms with Crippen LogP contribution in [-0.2, 0) is 4.79 Å². The maximum absolute atomic E-state index is 11.1. The molecule has 0 aromatic heterocycles. The number of nitrogens with two attached hydrogens (primary N) is 1. The lowest BCUT2D eigenvalue weighted by Gasteiger charge is -2.36. The van der Waals surface area contributed by atoms with E-state index in [1.807, 2.05) is 0 Å². The molecule has 0 spiro atoms. The first-order valence-corrected chi connectivity index (χ1v) is 7.22. The van der Waals surface area contributed by atoms with Crippen molar-refractivity contribution in [2.45, 2.75) is 70.4 Å². The molecule has 2 aliphatic carbocycles. The average molecular weight is 238 g/mol. The topological polar surface area (TPSA) is 55.1 Å². The second kappa shape index (κ2) is 5.85. The minimum atomic E-state index is -0.102. The van der Waals surface area contributed by atoms with Crippen molar-refractivity contribution >= 4 is 5.91 Å². The molecule has 0 aliphatic heterocycles. The predicted octanol–water partition coefficient (Wildman–Crippen LogP) is 2.20. The van der Waals surface area contributed by atoms with Crippen LogP contribution in [0.15, 0.2) is 0 Å². The van der Waals surface area contributed by atoms with Gasteiger partial charge < -0.3 is 11.1 Å². The number of nitrogens with one attached hydrogen (secondary N) is 1. The van der Waals surface area contributed by atoms with E-state index >= 15 is 0 Å². The minimum absolute atomic E-state index is 0.102. The van der Waals surface area contributed by atoms with E-state index in [-0.39, 0.29) is 11.8 Å². The van der Waals surface area contributed by atoms with Gasteiger partial charge in [0, 0.05) is 18.0 Å². The van der Waals surface area contributed by atoms with Crippen LogP contribution in [0.1, 0.15) is 58.3 Å². The van der Waals surface area contributed by atoms with Crippen LogP contribution in [0.2, 0.25) is 0 Å². The molecule has 3 nitrogen and oxygen atoms in total. The Labute approximate surface area is 105 Å². The first-order chi connectivity index (χ1) is 8.16. The fourth-order valence-corrected chi connectivity index (χ4v) is 3.41. The van der Waals surface area contributed by atoms with E-state index in [1.54, 1.807) is 0 Å². The van der Waals surface area contributed by atoms with Gasteiger partial charge in [0.05, 0.1) is 0 Å². The van der Waals surface area contributed by atoms with Gasteiger partial charge in [0.25, 0.3) is 0 Å². The second-order valence-electron chi connectivity index (χ2n) is 5.99. The molecular weight excluding hydrogens is 212 g/mol. The predicted molar refractivity (Wildman–Crippen MR) is 69.5 cm³/mol. The van der Waals surface area contributed by atoms with Crippen LogP contribution >= 0.6 is 0 Å². The fourth-order valence-electron chi connectivity index (χ4n) is 3.41. The standard InChI is InChI=1S/C14H26N2O/c1-10-4-2-3-5-13(10)16-12-8-6-11(7-9-12)14(15)17/h10-13,16H,2-9H2,1H3,(H2,15,17). The quantitative estimate of drug-likeness (QED) is 0.792. The molecule has 0 radical (unpaired) electrons. The Balaban J connectivity index is 1.75. The van der Waals surface area contributed by atoms with Crippen molar-refractivity contribution in [1.82, 2.24) is 5.32 Å². The average Bonchev–Trinajstić information content (AvgIpc) is 2.33. The summed E-state index contributed by atoms with van der Waals surface area (Å²) in [5, 5.41) is 3.81. The molecular formula is C14H26N2O. The molecule has 98 valence electrons. The number of carbonyl (C=O) groups is 1. The summed E-state index contributed by atoms with van der Waals surface area (Å²) in [6, 6.07) is 1.33. The lowest BCUT2D eigenvalue weighted by molar-refractivity contribution is -0.122. The molecule has 2 fully saturated rings. The molecule has 2 aliphatic rings. The summed E-state index contributed by atoms with van der Waals surface area (Å²) in [7, 11) is 0. The van der Waals surface area contributed by atoms with Gasteiger partial charge in [-0.05, 0) is 44.4 Å². The van der Waals surface area contributed by atoms with Crippen LogP contribution in [0.4, 0.5) is 0 Å². The molecule has 0 saturated heterocycles. The summed E-state index contributed by atoms with van der Waals surface area (Å²) in [5.74, 6) is 0.851. The third-order valence-electron chi connectivity index (χ3n) is 4.69. The summed E-state index contributed by atoms with van der Waals surface area (Å²) >= 11 is 0. The fraction of sp³-hybridized carbons (Fsp3) is 0.929. The van der Waals surface area contributed by atoms with E-state index < -0.39 is 0 Å². The second-order valence-corrected chi connectivity index (χ2v) is 5.99. The Morgan fingerprint density at radius 1 is 1.06 bits per heavy atom. The lowest BCUT2D eigenvalue weighted by Crippen LogP contribution is -2.45. The highest BCUT2D eigenvalue weighted by atomic mass is 16.1. The van der Waals surface area contributed by atoms with Crippen LogP contribution in [-0.4, -0.2) is 18.0 Å². The van der Waals surface area contributed by atoms with Crippen molar-refractivity contribution in [3.63, 3.8) is 0 Å². The summed E-state index contributed by atoms with van der Waals surface area (Å²) in [5.41, 5.74) is 5.36. The van der Waals surface area contributed by atoms with Crippen LogP contribution in [0, 0.1) is 11.8 Å². The monoisotopic (exact) mass is 238 g/mol. The number of rotatable bonds is 3. The van der Waals surface area contributed by atoms with Gasteiger partial charge in [-0.1, -0.05) is 19.8 Å². The van der Waals surface area contributed by atoms with Crippen molar-refractivity contribution in [3.05, 3.63) is 0 Å². The van der Waals surface area contributed by atoms with Crippen molar-refractivity contribution in [2.75, 3.05) is 0 Å². The molecule has 1 amide bonds. The molecule has 3 heteroatoms. The van der Waals surface area contributed by atoms with Crippen LogP contribution in [0.5, 0.6) is 0 Å². The zero-order valence-electron chi connectivity index (χ0n) is 11.0. The third kappa shape index (κ3) is 3.44. The summed E-state index contributed by atoms with van der Waals surface area (Å²) in [6.45, 7) is 2.37. The Morgan fingerprint density at radius 3 is 2.29 bits per heavy atom. The zero-order chi connectivity index (χ0) is 12.3. The van der Waals surface area contributed by atoms with Gasteiger partial charge in [-0.15, -0.1) is 0 Å². The van der Waals surface area contributed by atoms with Gasteiger partial charge in [-0.3, -0.25) is 4.79 Å². The largest absolute Gasteiger partial charge is 0.369 e. The molecule has 2 saturated carbocycles. The zero-order valence-corrected chi connectivity index (χ0v) is 11.0. The highest BCUT2D eigenvalue weighted by molar-refractivity contribution is 5.76. The molecule has 17 heavy (non-hydrogen) atoms. The SMILES string of the molecule is CC1CCCCC1NC1CCC(C(N)=O)CC1. The molecule has 0 aromatic rings. The first kappa shape index (κ1) is 12.9. The molecule has 0 bridgehead atoms. The van der Waals surface area contributed by atoms with Crippen molar-refractivity contribution in [3.8, 4) is 0 Å². The molecule has 2 unspecified atom stereocenters. The Morgan fingerprint density at radius 2 is 1.71 bits per heavy atom. The van der Waals surface area contributed by atoms with Gasteiger partial charge in [-0.25, -0.2) is 0 Å². The number of amides is 1. The third-order valence-corrected chi connectivity index (χ3v) is 4.69. The lowest BCUT2D eigenvalue weighted by atomic mass is 9.82. The van der Waals surface area contributed by atoms with Crippen LogP contribution in [0.25, 0.3) is 0 Å². The van der Waals surface area contributed by atoms with E-state index in [1.165, 1.54) is 25.7 Å². The molecule has 2 rings (SSSR count). The van der Waals surface area contributed by atoms with Crippen molar-refractivity contribution in [2.24, 2.45) is 17.6 Å². The minimum Gasteiger partial charge on any atom is -0.369 e. The van der Waals surface area contributed by atoms with E-state index in [2.05, 4.69) is 12.2 Å². The number of carbonyl (C=O) groups excluding carboxylic acids is 1. The molecule has 3 N–H and O–H groups in total. The van der Waals surface area contributed by atoms with Crippen molar-refractivity contribution < 1.29 is 4.79 Å². The summed E-state index contributed by atoms with van der Waals surface area (Å²) in [4.78, 5) is 11.1. The Kier molecular flexibility index (Phi) is 4.43. The van der Waals surface area contributed by atoms with Crippen LogP contribution in [0.3, 0.4) is 0 Å². The Hall–Kier alpha value is -0.570. The smallest absolute Gasteiger partial charge is 0.220 e. The van der Waals surface area contributed by atoms with Gasteiger partial charge in [0.1, 0.15) is 0 Å². The maximum atomic E-state index is 11.1. The summed E-state index contributed by atoms with van der Waals surface area (Å²) in [6.07, 6.45) is 9.67. The molecule has 0 aromatic carbocycles. The van der Waals surface area contributed by atoms with Crippen LogP contribution < -0.4 is 11.1 Å². The maximum Gasteiger partial charge on any atom is 0.220 e. The van der Waals surface area contributed by atoms with Gasteiger partial charge in [0.2, 0.25) is 5.91 Å². The van der Waals surface area contributed by atoms with Gasteiger partial charge in [0.15, 0.2) is 0 Å². The summed E-state index contributed by atoms with van der Waals surface area (Å²) < 4.78 is 0. The van der Waals surface area contributed by atoms with Gasteiger partial charge in [-0.2, -0.15) is 0 Å².